The first kappa shape index (κ1) is 15.5. The highest BCUT2D eigenvalue weighted by atomic mass is 16.5. The zero-order chi connectivity index (χ0) is 15.1. The fraction of sp³-hybridized carbons (Fsp3) is 0.333. The van der Waals surface area contributed by atoms with Crippen LogP contribution in [0.3, 0.4) is 0 Å². The zero-order valence-corrected chi connectivity index (χ0v) is 13.1. The van der Waals surface area contributed by atoms with Gasteiger partial charge in [0, 0.05) is 19.6 Å². The van der Waals surface area contributed by atoms with Gasteiger partial charge >= 0.3 is 0 Å². The molecule has 0 fully saturated rings. The van der Waals surface area contributed by atoms with E-state index in [0.29, 0.717) is 0 Å². The maximum atomic E-state index is 5.27. The van der Waals surface area contributed by atoms with Gasteiger partial charge in [-0.25, -0.2) is 0 Å². The van der Waals surface area contributed by atoms with E-state index in [2.05, 4.69) is 53.7 Å². The Morgan fingerprint density at radius 3 is 2.24 bits per heavy atom. The second-order valence-corrected chi connectivity index (χ2v) is 5.37. The number of nitrogens with one attached hydrogen (secondary N) is 1. The van der Waals surface area contributed by atoms with E-state index in [1.165, 1.54) is 16.7 Å². The molecule has 0 aliphatic rings. The summed E-state index contributed by atoms with van der Waals surface area (Å²) in [6, 6.07) is 17.0. The van der Waals surface area contributed by atoms with E-state index in [1.807, 2.05) is 19.2 Å². The van der Waals surface area contributed by atoms with Crippen LogP contribution >= 0.6 is 0 Å². The summed E-state index contributed by atoms with van der Waals surface area (Å²) in [5.74, 6) is 0.914. The third kappa shape index (κ3) is 4.88. The maximum absolute atomic E-state index is 5.27. The lowest BCUT2D eigenvalue weighted by atomic mass is 10.1. The van der Waals surface area contributed by atoms with Gasteiger partial charge in [-0.15, -0.1) is 0 Å². The van der Waals surface area contributed by atoms with Crippen LogP contribution in [0.2, 0.25) is 0 Å². The van der Waals surface area contributed by atoms with Crippen LogP contribution in [0.1, 0.15) is 16.7 Å². The Hall–Kier alpha value is -1.84. The Morgan fingerprint density at radius 1 is 0.952 bits per heavy atom. The molecule has 0 aliphatic heterocycles. The second-order valence-electron chi connectivity index (χ2n) is 5.37. The molecule has 0 spiro atoms. The third-order valence-corrected chi connectivity index (χ3v) is 3.41. The molecule has 21 heavy (non-hydrogen) atoms. The minimum atomic E-state index is 0.910. The number of ether oxygens (including phenoxy) is 1. The summed E-state index contributed by atoms with van der Waals surface area (Å²) in [6.45, 7) is 2.76. The number of hydrogen-bond acceptors (Lipinski definition) is 3. The van der Waals surface area contributed by atoms with Crippen molar-refractivity contribution in [1.82, 2.24) is 10.2 Å². The van der Waals surface area contributed by atoms with Crippen LogP contribution in [0.15, 0.2) is 48.5 Å². The molecule has 0 unspecified atom stereocenters. The minimum absolute atomic E-state index is 0.910. The fourth-order valence-corrected chi connectivity index (χ4v) is 2.49. The van der Waals surface area contributed by atoms with E-state index >= 15 is 0 Å². The van der Waals surface area contributed by atoms with Crippen molar-refractivity contribution in [2.75, 3.05) is 21.2 Å². The predicted molar refractivity (Wildman–Crippen MR) is 87.4 cm³/mol. The van der Waals surface area contributed by atoms with Gasteiger partial charge in [0.05, 0.1) is 7.11 Å². The Labute approximate surface area is 127 Å². The van der Waals surface area contributed by atoms with Crippen LogP contribution in [0.25, 0.3) is 0 Å². The van der Waals surface area contributed by atoms with Gasteiger partial charge < -0.3 is 10.1 Å². The Bertz CT molecular complexity index is 569. The predicted octanol–water partition coefficient (Wildman–Crippen LogP) is 3.05. The zero-order valence-electron chi connectivity index (χ0n) is 13.1. The quantitative estimate of drug-likeness (QED) is 0.846. The lowest BCUT2D eigenvalue weighted by Crippen LogP contribution is -2.17. The molecule has 0 aliphatic carbocycles. The van der Waals surface area contributed by atoms with Crippen molar-refractivity contribution in [3.05, 3.63) is 65.2 Å². The van der Waals surface area contributed by atoms with Gasteiger partial charge in [0.25, 0.3) is 0 Å². The van der Waals surface area contributed by atoms with Gasteiger partial charge in [-0.1, -0.05) is 36.4 Å². The average molecular weight is 284 g/mol. The van der Waals surface area contributed by atoms with Crippen LogP contribution in [0.5, 0.6) is 5.75 Å². The van der Waals surface area contributed by atoms with Gasteiger partial charge in [0.1, 0.15) is 5.75 Å². The third-order valence-electron chi connectivity index (χ3n) is 3.41. The Balaban J connectivity index is 1.97. The maximum Gasteiger partial charge on any atom is 0.119 e. The van der Waals surface area contributed by atoms with Gasteiger partial charge in [-0.05, 0) is 42.9 Å². The summed E-state index contributed by atoms with van der Waals surface area (Å²) in [5, 5.41) is 3.19. The highest BCUT2D eigenvalue weighted by molar-refractivity contribution is 5.28. The summed E-state index contributed by atoms with van der Waals surface area (Å²) in [4.78, 5) is 2.31. The van der Waals surface area contributed by atoms with Crippen LogP contribution in [-0.4, -0.2) is 26.1 Å². The average Bonchev–Trinajstić information content (AvgIpc) is 2.48. The van der Waals surface area contributed by atoms with E-state index < -0.39 is 0 Å². The Morgan fingerprint density at radius 2 is 1.57 bits per heavy atom. The fourth-order valence-electron chi connectivity index (χ4n) is 2.49. The number of benzene rings is 2. The molecule has 2 rings (SSSR count). The van der Waals surface area contributed by atoms with Crippen LogP contribution in [-0.2, 0) is 19.6 Å². The van der Waals surface area contributed by atoms with Crippen molar-refractivity contribution in [3.63, 3.8) is 0 Å². The standard InChI is InChI=1S/C18H24N2O/c1-19-12-15-6-4-7-16(10-15)13-20(2)14-17-8-5-9-18(11-17)21-3/h4-11,19H,12-14H2,1-3H3. The van der Waals surface area contributed by atoms with Crippen molar-refractivity contribution in [2.24, 2.45) is 0 Å². The molecule has 0 atom stereocenters. The minimum Gasteiger partial charge on any atom is -0.497 e. The van der Waals surface area contributed by atoms with Crippen LogP contribution in [0.4, 0.5) is 0 Å². The van der Waals surface area contributed by atoms with E-state index in [0.717, 1.165) is 25.4 Å². The number of nitrogens with zero attached hydrogens (tertiary/aromatic N) is 1. The molecule has 1 N–H and O–H groups in total. The highest BCUT2D eigenvalue weighted by Gasteiger charge is 2.04. The molecular weight excluding hydrogens is 260 g/mol. The number of hydrogen-bond donors (Lipinski definition) is 1. The molecule has 2 aromatic rings. The second kappa shape index (κ2) is 7.81. The topological polar surface area (TPSA) is 24.5 Å². The van der Waals surface area contributed by atoms with Crippen molar-refractivity contribution in [2.45, 2.75) is 19.6 Å². The SMILES string of the molecule is CNCc1cccc(CN(C)Cc2cccc(OC)c2)c1. The van der Waals surface area contributed by atoms with Gasteiger partial charge in [0.2, 0.25) is 0 Å². The lowest BCUT2D eigenvalue weighted by Gasteiger charge is -2.17. The van der Waals surface area contributed by atoms with E-state index in [9.17, 15) is 0 Å². The monoisotopic (exact) mass is 284 g/mol. The first-order valence-corrected chi connectivity index (χ1v) is 7.25. The van der Waals surface area contributed by atoms with Gasteiger partial charge in [-0.2, -0.15) is 0 Å². The first-order chi connectivity index (χ1) is 10.2. The van der Waals surface area contributed by atoms with Crippen molar-refractivity contribution in [3.8, 4) is 5.75 Å². The molecule has 3 nitrogen and oxygen atoms in total. The highest BCUT2D eigenvalue weighted by Crippen LogP contribution is 2.15. The molecule has 0 aromatic heterocycles. The van der Waals surface area contributed by atoms with Crippen LogP contribution < -0.4 is 10.1 Å². The Kier molecular flexibility index (Phi) is 5.78. The summed E-state index contributed by atoms with van der Waals surface area (Å²) < 4.78 is 5.27. The van der Waals surface area contributed by atoms with Crippen molar-refractivity contribution >= 4 is 0 Å². The smallest absolute Gasteiger partial charge is 0.119 e. The summed E-state index contributed by atoms with van der Waals surface area (Å²) in [6.07, 6.45) is 0. The molecule has 112 valence electrons. The molecule has 0 bridgehead atoms. The summed E-state index contributed by atoms with van der Waals surface area (Å²) >= 11 is 0. The first-order valence-electron chi connectivity index (χ1n) is 7.25. The van der Waals surface area contributed by atoms with Gasteiger partial charge in [-0.3, -0.25) is 4.90 Å². The summed E-state index contributed by atoms with van der Waals surface area (Å²) in [7, 11) is 5.82. The van der Waals surface area contributed by atoms with E-state index in [1.54, 1.807) is 7.11 Å². The molecule has 0 saturated carbocycles. The molecule has 0 heterocycles. The molecule has 0 amide bonds. The number of rotatable bonds is 7. The summed E-state index contributed by atoms with van der Waals surface area (Å²) in [5.41, 5.74) is 3.93. The molecule has 0 radical (unpaired) electrons. The van der Waals surface area contributed by atoms with Gasteiger partial charge in [0.15, 0.2) is 0 Å². The van der Waals surface area contributed by atoms with Crippen molar-refractivity contribution < 1.29 is 4.74 Å². The lowest BCUT2D eigenvalue weighted by molar-refractivity contribution is 0.318. The molecule has 2 aromatic carbocycles. The normalized spacial score (nSPS) is 10.9. The largest absolute Gasteiger partial charge is 0.497 e. The molecule has 3 heteroatoms. The van der Waals surface area contributed by atoms with E-state index in [4.69, 9.17) is 4.74 Å². The van der Waals surface area contributed by atoms with Crippen molar-refractivity contribution in [1.29, 1.82) is 0 Å². The number of methoxy groups -OCH3 is 1. The van der Waals surface area contributed by atoms with Crippen LogP contribution in [0, 0.1) is 0 Å². The molecular formula is C18H24N2O. The molecule has 0 saturated heterocycles. The van der Waals surface area contributed by atoms with E-state index in [-0.39, 0.29) is 0 Å².